The van der Waals surface area contributed by atoms with Crippen LogP contribution in [0.3, 0.4) is 0 Å². The molecule has 0 amide bonds. The SMILES string of the molecule is COCc1nc(CC2(CO)CC2)cs1. The number of rotatable bonds is 5. The maximum absolute atomic E-state index is 9.18. The minimum atomic E-state index is 0.165. The van der Waals surface area contributed by atoms with Gasteiger partial charge in [-0.3, -0.25) is 0 Å². The normalized spacial score (nSPS) is 18.4. The number of methoxy groups -OCH3 is 1. The average Bonchev–Trinajstić information content (AvgIpc) is 2.82. The van der Waals surface area contributed by atoms with Crippen molar-refractivity contribution in [2.75, 3.05) is 13.7 Å². The van der Waals surface area contributed by atoms with Crippen LogP contribution in [0, 0.1) is 5.41 Å². The number of aliphatic hydroxyl groups is 1. The molecular weight excluding hydrogens is 198 g/mol. The molecule has 1 saturated carbocycles. The van der Waals surface area contributed by atoms with Crippen molar-refractivity contribution in [2.24, 2.45) is 5.41 Å². The lowest BCUT2D eigenvalue weighted by molar-refractivity contribution is 0.184. The summed E-state index contributed by atoms with van der Waals surface area (Å²) in [4.78, 5) is 4.46. The molecule has 1 aromatic heterocycles. The Hall–Kier alpha value is -0.450. The zero-order chi connectivity index (χ0) is 10.0. The van der Waals surface area contributed by atoms with Gasteiger partial charge in [-0.1, -0.05) is 0 Å². The Morgan fingerprint density at radius 2 is 2.43 bits per heavy atom. The Kier molecular flexibility index (Phi) is 2.85. The second kappa shape index (κ2) is 3.96. The number of nitrogens with zero attached hydrogens (tertiary/aromatic N) is 1. The maximum Gasteiger partial charge on any atom is 0.119 e. The summed E-state index contributed by atoms with van der Waals surface area (Å²) in [7, 11) is 1.68. The summed E-state index contributed by atoms with van der Waals surface area (Å²) in [5.41, 5.74) is 1.27. The molecule has 0 unspecified atom stereocenters. The summed E-state index contributed by atoms with van der Waals surface area (Å²) in [6.45, 7) is 0.890. The number of thiazole rings is 1. The van der Waals surface area contributed by atoms with Crippen molar-refractivity contribution in [1.82, 2.24) is 4.98 Å². The van der Waals surface area contributed by atoms with Crippen molar-refractivity contribution in [3.63, 3.8) is 0 Å². The third kappa shape index (κ3) is 2.13. The molecule has 1 N–H and O–H groups in total. The van der Waals surface area contributed by atoms with Gasteiger partial charge in [0.05, 0.1) is 12.3 Å². The third-order valence-corrected chi connectivity index (χ3v) is 3.59. The lowest BCUT2D eigenvalue weighted by Crippen LogP contribution is -2.10. The predicted octanol–water partition coefficient (Wildman–Crippen LogP) is 1.60. The summed E-state index contributed by atoms with van der Waals surface area (Å²) in [5.74, 6) is 0. The molecule has 3 nitrogen and oxygen atoms in total. The minimum Gasteiger partial charge on any atom is -0.396 e. The van der Waals surface area contributed by atoms with Gasteiger partial charge in [-0.15, -0.1) is 11.3 Å². The smallest absolute Gasteiger partial charge is 0.119 e. The monoisotopic (exact) mass is 213 g/mol. The molecule has 78 valence electrons. The molecule has 14 heavy (non-hydrogen) atoms. The van der Waals surface area contributed by atoms with Crippen LogP contribution < -0.4 is 0 Å². The van der Waals surface area contributed by atoms with Gasteiger partial charge in [0.1, 0.15) is 5.01 Å². The molecule has 0 aliphatic heterocycles. The fraction of sp³-hybridized carbons (Fsp3) is 0.700. The molecule has 0 spiro atoms. The first-order valence-electron chi connectivity index (χ1n) is 4.81. The quantitative estimate of drug-likeness (QED) is 0.808. The lowest BCUT2D eigenvalue weighted by atomic mass is 10.0. The van der Waals surface area contributed by atoms with Crippen molar-refractivity contribution in [1.29, 1.82) is 0 Å². The van der Waals surface area contributed by atoms with Crippen molar-refractivity contribution >= 4 is 11.3 Å². The number of hydrogen-bond donors (Lipinski definition) is 1. The maximum atomic E-state index is 9.18. The fourth-order valence-electron chi connectivity index (χ4n) is 1.57. The second-order valence-electron chi connectivity index (χ2n) is 4.00. The van der Waals surface area contributed by atoms with Crippen molar-refractivity contribution < 1.29 is 9.84 Å². The van der Waals surface area contributed by atoms with Crippen LogP contribution in [0.4, 0.5) is 0 Å². The van der Waals surface area contributed by atoms with Crippen LogP contribution in [0.2, 0.25) is 0 Å². The van der Waals surface area contributed by atoms with Crippen LogP contribution in [0.5, 0.6) is 0 Å². The van der Waals surface area contributed by atoms with Gasteiger partial charge in [-0.2, -0.15) is 0 Å². The van der Waals surface area contributed by atoms with Crippen LogP contribution in [0.1, 0.15) is 23.5 Å². The van der Waals surface area contributed by atoms with E-state index in [9.17, 15) is 5.11 Å². The third-order valence-electron chi connectivity index (χ3n) is 2.72. The molecule has 1 aliphatic carbocycles. The van der Waals surface area contributed by atoms with Gasteiger partial charge in [0.2, 0.25) is 0 Å². The van der Waals surface area contributed by atoms with Gasteiger partial charge in [0.15, 0.2) is 0 Å². The molecule has 1 fully saturated rings. The van der Waals surface area contributed by atoms with E-state index in [1.165, 1.54) is 0 Å². The molecule has 2 rings (SSSR count). The number of aromatic nitrogens is 1. The highest BCUT2D eigenvalue weighted by atomic mass is 32.1. The zero-order valence-electron chi connectivity index (χ0n) is 8.32. The fourth-order valence-corrected chi connectivity index (χ4v) is 2.34. The Bertz CT molecular complexity index is 307. The van der Waals surface area contributed by atoms with E-state index in [1.807, 2.05) is 0 Å². The highest BCUT2D eigenvalue weighted by Crippen LogP contribution is 2.47. The first-order chi connectivity index (χ1) is 6.78. The molecule has 4 heteroatoms. The van der Waals surface area contributed by atoms with Crippen LogP contribution in [0.25, 0.3) is 0 Å². The summed E-state index contributed by atoms with van der Waals surface area (Å²) in [5, 5.41) is 12.3. The topological polar surface area (TPSA) is 42.4 Å². The van der Waals surface area contributed by atoms with E-state index in [4.69, 9.17) is 4.74 Å². The second-order valence-corrected chi connectivity index (χ2v) is 4.94. The highest BCUT2D eigenvalue weighted by Gasteiger charge is 2.42. The van der Waals surface area contributed by atoms with Crippen LogP contribution in [-0.2, 0) is 17.8 Å². The van der Waals surface area contributed by atoms with Gasteiger partial charge >= 0.3 is 0 Å². The summed E-state index contributed by atoms with van der Waals surface area (Å²) < 4.78 is 5.01. The van der Waals surface area contributed by atoms with Gasteiger partial charge in [-0.25, -0.2) is 4.98 Å². The first kappa shape index (κ1) is 10.1. The first-order valence-corrected chi connectivity index (χ1v) is 5.69. The predicted molar refractivity (Wildman–Crippen MR) is 55.3 cm³/mol. The molecule has 0 radical (unpaired) electrons. The Labute approximate surface area is 87.7 Å². The molecule has 1 aliphatic rings. The van der Waals surface area contributed by atoms with E-state index in [0.717, 1.165) is 30.0 Å². The van der Waals surface area contributed by atoms with Crippen molar-refractivity contribution in [2.45, 2.75) is 25.9 Å². The van der Waals surface area contributed by atoms with E-state index in [-0.39, 0.29) is 5.41 Å². The lowest BCUT2D eigenvalue weighted by Gasteiger charge is -2.07. The van der Waals surface area contributed by atoms with Gasteiger partial charge in [0.25, 0.3) is 0 Å². The van der Waals surface area contributed by atoms with Gasteiger partial charge < -0.3 is 9.84 Å². The summed E-state index contributed by atoms with van der Waals surface area (Å²) in [6, 6.07) is 0. The summed E-state index contributed by atoms with van der Waals surface area (Å²) in [6.07, 6.45) is 3.20. The molecule has 1 aromatic rings. The number of aliphatic hydroxyl groups excluding tert-OH is 1. The van der Waals surface area contributed by atoms with Crippen molar-refractivity contribution in [3.8, 4) is 0 Å². The van der Waals surface area contributed by atoms with E-state index < -0.39 is 0 Å². The number of hydrogen-bond acceptors (Lipinski definition) is 4. The Balaban J connectivity index is 1.96. The molecule has 0 aromatic carbocycles. The van der Waals surface area contributed by atoms with Gasteiger partial charge in [0, 0.05) is 19.1 Å². The molecule has 0 saturated heterocycles. The highest BCUT2D eigenvalue weighted by molar-refractivity contribution is 7.09. The van der Waals surface area contributed by atoms with E-state index >= 15 is 0 Å². The zero-order valence-corrected chi connectivity index (χ0v) is 9.14. The van der Waals surface area contributed by atoms with Gasteiger partial charge in [-0.05, 0) is 24.7 Å². The molecular formula is C10H15NO2S. The van der Waals surface area contributed by atoms with Crippen LogP contribution in [0.15, 0.2) is 5.38 Å². The van der Waals surface area contributed by atoms with E-state index in [0.29, 0.717) is 13.2 Å². The van der Waals surface area contributed by atoms with E-state index in [1.54, 1.807) is 18.4 Å². The average molecular weight is 213 g/mol. The standard InChI is InChI=1S/C10H15NO2S/c1-13-5-9-11-8(6-14-9)4-10(7-12)2-3-10/h6,12H,2-5,7H2,1H3. The van der Waals surface area contributed by atoms with Crippen LogP contribution >= 0.6 is 11.3 Å². The Morgan fingerprint density at radius 3 is 3.00 bits per heavy atom. The van der Waals surface area contributed by atoms with Crippen LogP contribution in [-0.4, -0.2) is 23.8 Å². The minimum absolute atomic E-state index is 0.165. The largest absolute Gasteiger partial charge is 0.396 e. The molecule has 0 atom stereocenters. The number of ether oxygens (including phenoxy) is 1. The summed E-state index contributed by atoms with van der Waals surface area (Å²) >= 11 is 1.64. The molecule has 0 bridgehead atoms. The van der Waals surface area contributed by atoms with Crippen molar-refractivity contribution in [3.05, 3.63) is 16.1 Å². The molecule has 1 heterocycles. The Morgan fingerprint density at radius 1 is 1.64 bits per heavy atom. The van der Waals surface area contributed by atoms with E-state index in [2.05, 4.69) is 10.4 Å².